The molecule has 0 spiro atoms. The molecule has 2 aromatic rings. The van der Waals surface area contributed by atoms with Crippen molar-refractivity contribution in [3.05, 3.63) is 30.0 Å². The standard InChI is InChI=1S/C19H24ClN3O4S/c1-23-18(24)15(22-19(23)28)11-13-12-21-17-14(13)3-2-4-16(17)27-10-9-26-8-7-25-6-5-20/h2-4,12,15,21H,5-11H2,1H3,(H,22,28). The van der Waals surface area contributed by atoms with E-state index in [4.69, 9.17) is 38.0 Å². The number of hydrogen-bond donors (Lipinski definition) is 2. The van der Waals surface area contributed by atoms with E-state index in [-0.39, 0.29) is 11.9 Å². The second kappa shape index (κ2) is 10.1. The molecule has 1 aromatic heterocycles. The van der Waals surface area contributed by atoms with Gasteiger partial charge in [-0.3, -0.25) is 9.69 Å². The van der Waals surface area contributed by atoms with Crippen LogP contribution in [0, 0.1) is 0 Å². The number of fused-ring (bicyclic) bond motifs is 1. The van der Waals surface area contributed by atoms with Crippen molar-refractivity contribution in [1.82, 2.24) is 15.2 Å². The maximum absolute atomic E-state index is 12.2. The van der Waals surface area contributed by atoms with E-state index in [9.17, 15) is 4.79 Å². The number of aromatic nitrogens is 1. The molecule has 0 bridgehead atoms. The van der Waals surface area contributed by atoms with Crippen LogP contribution in [0.4, 0.5) is 0 Å². The number of benzene rings is 1. The zero-order valence-corrected chi connectivity index (χ0v) is 17.3. The number of aromatic amines is 1. The zero-order valence-electron chi connectivity index (χ0n) is 15.7. The minimum atomic E-state index is -0.338. The van der Waals surface area contributed by atoms with Gasteiger partial charge in [0.15, 0.2) is 5.11 Å². The topological polar surface area (TPSA) is 75.8 Å². The fourth-order valence-electron chi connectivity index (χ4n) is 3.06. The van der Waals surface area contributed by atoms with E-state index in [2.05, 4.69) is 10.3 Å². The summed E-state index contributed by atoms with van der Waals surface area (Å²) in [6.07, 6.45) is 2.47. The van der Waals surface area contributed by atoms with E-state index < -0.39 is 0 Å². The second-order valence-electron chi connectivity index (χ2n) is 6.36. The smallest absolute Gasteiger partial charge is 0.251 e. The highest BCUT2D eigenvalue weighted by Crippen LogP contribution is 2.28. The third-order valence-corrected chi connectivity index (χ3v) is 5.04. The van der Waals surface area contributed by atoms with Crippen molar-refractivity contribution in [2.24, 2.45) is 0 Å². The number of nitrogens with one attached hydrogen (secondary N) is 2. The Morgan fingerprint density at radius 1 is 1.18 bits per heavy atom. The number of ether oxygens (including phenoxy) is 3. The molecule has 0 aliphatic carbocycles. The summed E-state index contributed by atoms with van der Waals surface area (Å²) in [7, 11) is 1.69. The summed E-state index contributed by atoms with van der Waals surface area (Å²) >= 11 is 10.7. The van der Waals surface area contributed by atoms with Crippen molar-refractivity contribution >= 4 is 45.7 Å². The third-order valence-electron chi connectivity index (χ3n) is 4.50. The van der Waals surface area contributed by atoms with E-state index in [0.717, 1.165) is 22.2 Å². The molecule has 7 nitrogen and oxygen atoms in total. The van der Waals surface area contributed by atoms with Gasteiger partial charge in [0, 0.05) is 30.9 Å². The number of carbonyl (C=O) groups is 1. The molecule has 0 saturated carbocycles. The summed E-state index contributed by atoms with van der Waals surface area (Å²) in [6, 6.07) is 5.53. The summed E-state index contributed by atoms with van der Waals surface area (Å²) < 4.78 is 16.6. The molecule has 152 valence electrons. The number of rotatable bonds is 11. The molecule has 1 saturated heterocycles. The van der Waals surface area contributed by atoms with Crippen LogP contribution in [0.15, 0.2) is 24.4 Å². The number of carbonyl (C=O) groups excluding carboxylic acids is 1. The molecule has 9 heteroatoms. The van der Waals surface area contributed by atoms with E-state index >= 15 is 0 Å². The first-order valence-electron chi connectivity index (χ1n) is 9.13. The summed E-state index contributed by atoms with van der Waals surface area (Å²) in [5.41, 5.74) is 1.95. The molecule has 28 heavy (non-hydrogen) atoms. The molecule has 1 aromatic carbocycles. The van der Waals surface area contributed by atoms with E-state index in [1.54, 1.807) is 7.05 Å². The Bertz CT molecular complexity index is 829. The van der Waals surface area contributed by atoms with Crippen LogP contribution in [0.2, 0.25) is 0 Å². The lowest BCUT2D eigenvalue weighted by atomic mass is 10.0. The molecule has 1 aliphatic rings. The van der Waals surface area contributed by atoms with Crippen LogP contribution < -0.4 is 10.1 Å². The van der Waals surface area contributed by atoms with Gasteiger partial charge in [-0.2, -0.15) is 0 Å². The molecule has 1 unspecified atom stereocenters. The van der Waals surface area contributed by atoms with Crippen molar-refractivity contribution in [3.63, 3.8) is 0 Å². The Morgan fingerprint density at radius 2 is 1.93 bits per heavy atom. The minimum absolute atomic E-state index is 0.0149. The van der Waals surface area contributed by atoms with Gasteiger partial charge in [0.25, 0.3) is 5.91 Å². The lowest BCUT2D eigenvalue weighted by Gasteiger charge is -2.09. The number of halogens is 1. The van der Waals surface area contributed by atoms with Gasteiger partial charge in [-0.15, -0.1) is 11.6 Å². The highest BCUT2D eigenvalue weighted by Gasteiger charge is 2.33. The number of alkyl halides is 1. The largest absolute Gasteiger partial charge is 0.489 e. The number of hydrogen-bond acceptors (Lipinski definition) is 5. The van der Waals surface area contributed by atoms with Gasteiger partial charge in [-0.05, 0) is 23.8 Å². The predicted molar refractivity (Wildman–Crippen MR) is 112 cm³/mol. The van der Waals surface area contributed by atoms with Crippen LogP contribution in [-0.4, -0.2) is 72.9 Å². The summed E-state index contributed by atoms with van der Waals surface area (Å²) in [5, 5.41) is 4.56. The predicted octanol–water partition coefficient (Wildman–Crippen LogP) is 2.08. The lowest BCUT2D eigenvalue weighted by Crippen LogP contribution is -2.31. The lowest BCUT2D eigenvalue weighted by molar-refractivity contribution is -0.126. The molecule has 1 atom stereocenters. The number of nitrogens with zero attached hydrogens (tertiary/aromatic N) is 1. The van der Waals surface area contributed by atoms with Crippen LogP contribution in [0.5, 0.6) is 5.75 Å². The average molecular weight is 426 g/mol. The number of para-hydroxylation sites is 1. The summed E-state index contributed by atoms with van der Waals surface area (Å²) in [6.45, 7) is 2.47. The second-order valence-corrected chi connectivity index (χ2v) is 7.12. The van der Waals surface area contributed by atoms with Crippen LogP contribution >= 0.6 is 23.8 Å². The maximum atomic E-state index is 12.2. The van der Waals surface area contributed by atoms with E-state index in [1.165, 1.54) is 4.90 Å². The van der Waals surface area contributed by atoms with Gasteiger partial charge in [-0.25, -0.2) is 0 Å². The monoisotopic (exact) mass is 425 g/mol. The molecule has 3 rings (SSSR count). The van der Waals surface area contributed by atoms with Crippen molar-refractivity contribution in [1.29, 1.82) is 0 Å². The third kappa shape index (κ3) is 4.94. The van der Waals surface area contributed by atoms with Gasteiger partial charge in [0.1, 0.15) is 18.4 Å². The number of thiocarbonyl (C=S) groups is 1. The Labute approximate surface area is 174 Å². The minimum Gasteiger partial charge on any atom is -0.489 e. The van der Waals surface area contributed by atoms with Gasteiger partial charge >= 0.3 is 0 Å². The number of amides is 1. The van der Waals surface area contributed by atoms with Gasteiger partial charge in [-0.1, -0.05) is 12.1 Å². The van der Waals surface area contributed by atoms with Crippen molar-refractivity contribution < 1.29 is 19.0 Å². The van der Waals surface area contributed by atoms with E-state index in [0.29, 0.717) is 50.4 Å². The molecular formula is C19H24ClN3O4S. The summed E-state index contributed by atoms with van der Waals surface area (Å²) in [4.78, 5) is 17.0. The molecule has 1 aliphatic heterocycles. The average Bonchev–Trinajstić information content (AvgIpc) is 3.21. The van der Waals surface area contributed by atoms with Crippen molar-refractivity contribution in [3.8, 4) is 5.75 Å². The quantitative estimate of drug-likeness (QED) is 0.326. The van der Waals surface area contributed by atoms with Gasteiger partial charge in [0.2, 0.25) is 0 Å². The SMILES string of the molecule is CN1C(=O)C(Cc2c[nH]c3c(OCCOCCOCCCl)cccc23)NC1=S. The maximum Gasteiger partial charge on any atom is 0.251 e. The Kier molecular flexibility index (Phi) is 7.50. The fraction of sp³-hybridized carbons (Fsp3) is 0.474. The van der Waals surface area contributed by atoms with Gasteiger partial charge < -0.3 is 24.5 Å². The first-order valence-corrected chi connectivity index (χ1v) is 10.1. The molecule has 2 N–H and O–H groups in total. The van der Waals surface area contributed by atoms with Crippen LogP contribution in [-0.2, 0) is 20.7 Å². The van der Waals surface area contributed by atoms with Crippen molar-refractivity contribution in [2.45, 2.75) is 12.5 Å². The Morgan fingerprint density at radius 3 is 2.64 bits per heavy atom. The first-order chi connectivity index (χ1) is 13.6. The molecule has 1 amide bonds. The summed E-state index contributed by atoms with van der Waals surface area (Å²) in [5.74, 6) is 1.22. The Hall–Kier alpha value is -1.87. The van der Waals surface area contributed by atoms with Crippen LogP contribution in [0.3, 0.4) is 0 Å². The molecular weight excluding hydrogens is 402 g/mol. The zero-order chi connectivity index (χ0) is 19.9. The van der Waals surface area contributed by atoms with Crippen LogP contribution in [0.25, 0.3) is 10.9 Å². The molecule has 0 radical (unpaired) electrons. The first kappa shape index (κ1) is 20.9. The molecule has 2 heterocycles. The van der Waals surface area contributed by atoms with E-state index in [1.807, 2.05) is 24.4 Å². The van der Waals surface area contributed by atoms with Crippen LogP contribution in [0.1, 0.15) is 5.56 Å². The Balaban J connectivity index is 1.54. The highest BCUT2D eigenvalue weighted by molar-refractivity contribution is 7.80. The fourth-order valence-corrected chi connectivity index (χ4v) is 3.40. The highest BCUT2D eigenvalue weighted by atomic mass is 35.5. The number of likely N-dealkylation sites (N-methyl/N-ethyl adjacent to an activating group) is 1. The normalized spacial score (nSPS) is 16.8. The van der Waals surface area contributed by atoms with Gasteiger partial charge in [0.05, 0.1) is 31.9 Å². The molecule has 1 fully saturated rings. The van der Waals surface area contributed by atoms with Crippen molar-refractivity contribution in [2.75, 3.05) is 46.0 Å². The number of H-pyrrole nitrogens is 1.